The molecule has 8 heavy (non-hydrogen) atoms. The molecule has 0 bridgehead atoms. The van der Waals surface area contributed by atoms with E-state index in [2.05, 4.69) is 5.10 Å². The number of hydrogen-bond donors (Lipinski definition) is 0. The van der Waals surface area contributed by atoms with Gasteiger partial charge in [0.1, 0.15) is 0 Å². The van der Waals surface area contributed by atoms with Gasteiger partial charge in [-0.25, -0.2) is 2.90 Å². The molecule has 0 spiro atoms. The van der Waals surface area contributed by atoms with Crippen molar-refractivity contribution in [2.24, 2.45) is 0 Å². The van der Waals surface area contributed by atoms with E-state index in [1.54, 1.807) is 9.09 Å². The molecule has 0 saturated heterocycles. The highest BCUT2D eigenvalue weighted by Gasteiger charge is 1.96. The monoisotopic (exact) mass is 242 g/mol. The van der Waals surface area contributed by atoms with Gasteiger partial charge in [-0.05, 0) is 6.92 Å². The third-order valence-corrected chi connectivity index (χ3v) is 1.68. The fourth-order valence-electron chi connectivity index (χ4n) is 0.407. The lowest BCUT2D eigenvalue weighted by molar-refractivity contribution is 1.02. The summed E-state index contributed by atoms with van der Waals surface area (Å²) in [5.41, 5.74) is 0.876. The lowest BCUT2D eigenvalue weighted by atomic mass is 10.5. The summed E-state index contributed by atoms with van der Waals surface area (Å²) < 4.78 is 1.66. The summed E-state index contributed by atoms with van der Waals surface area (Å²) in [5.74, 6) is 0. The van der Waals surface area contributed by atoms with Crippen LogP contribution < -0.4 is 0 Å². The number of halogens is 2. The Morgan fingerprint density at radius 2 is 2.50 bits per heavy atom. The minimum absolute atomic E-state index is 0.722. The van der Waals surface area contributed by atoms with Crippen molar-refractivity contribution in [3.63, 3.8) is 0 Å². The molecule has 4 heteroatoms. The summed E-state index contributed by atoms with van der Waals surface area (Å²) in [6.07, 6.45) is 1.76. The first-order chi connectivity index (χ1) is 3.70. The zero-order valence-electron chi connectivity index (χ0n) is 4.23. The van der Waals surface area contributed by atoms with E-state index < -0.39 is 0 Å². The van der Waals surface area contributed by atoms with E-state index in [-0.39, 0.29) is 0 Å². The predicted molar refractivity (Wildman–Crippen MR) is 41.4 cm³/mol. The molecule has 1 aromatic rings. The van der Waals surface area contributed by atoms with Crippen LogP contribution in [0, 0.1) is 6.92 Å². The average molecular weight is 242 g/mol. The van der Waals surface area contributed by atoms with Gasteiger partial charge in [0.05, 0.1) is 39.8 Å². The maximum atomic E-state index is 5.64. The fourth-order valence-corrected chi connectivity index (χ4v) is 1.30. The lowest BCUT2D eigenvalue weighted by Crippen LogP contribution is -1.76. The van der Waals surface area contributed by atoms with Gasteiger partial charge in [-0.15, -0.1) is 0 Å². The van der Waals surface area contributed by atoms with Crippen LogP contribution in [0.5, 0.6) is 0 Å². The highest BCUT2D eigenvalue weighted by molar-refractivity contribution is 14.1. The molecule has 0 atom stereocenters. The van der Waals surface area contributed by atoms with Crippen LogP contribution in [0.3, 0.4) is 0 Å². The van der Waals surface area contributed by atoms with Crippen LogP contribution in [0.25, 0.3) is 0 Å². The average Bonchev–Trinajstić information content (AvgIpc) is 1.85. The summed E-state index contributed by atoms with van der Waals surface area (Å²) in [7, 11) is 0. The van der Waals surface area contributed by atoms with Gasteiger partial charge >= 0.3 is 0 Å². The Hall–Kier alpha value is 0.230. The van der Waals surface area contributed by atoms with Gasteiger partial charge in [-0.1, -0.05) is 11.6 Å². The summed E-state index contributed by atoms with van der Waals surface area (Å²) in [6.45, 7) is 1.87. The number of aromatic nitrogens is 2. The van der Waals surface area contributed by atoms with Crippen LogP contribution in [0.4, 0.5) is 0 Å². The van der Waals surface area contributed by atoms with Crippen LogP contribution in [0.2, 0.25) is 5.02 Å². The van der Waals surface area contributed by atoms with E-state index in [9.17, 15) is 0 Å². The SMILES string of the molecule is Cc1nn(I)cc1Cl. The van der Waals surface area contributed by atoms with Crippen LogP contribution in [0.1, 0.15) is 5.69 Å². The summed E-state index contributed by atoms with van der Waals surface area (Å²) in [5, 5.41) is 4.70. The van der Waals surface area contributed by atoms with Gasteiger partial charge in [0.15, 0.2) is 0 Å². The first kappa shape index (κ1) is 6.35. The smallest absolute Gasteiger partial charge is 0.0843 e. The topological polar surface area (TPSA) is 17.8 Å². The zero-order chi connectivity index (χ0) is 6.15. The largest absolute Gasteiger partial charge is 0.210 e. The van der Waals surface area contributed by atoms with Crippen LogP contribution in [-0.2, 0) is 0 Å². The summed E-state index contributed by atoms with van der Waals surface area (Å²) in [4.78, 5) is 0. The Kier molecular flexibility index (Phi) is 1.77. The van der Waals surface area contributed by atoms with E-state index in [1.807, 2.05) is 29.8 Å². The molecule has 2 nitrogen and oxygen atoms in total. The van der Waals surface area contributed by atoms with Crippen molar-refractivity contribution in [3.05, 3.63) is 16.9 Å². The third kappa shape index (κ3) is 1.14. The standard InChI is InChI=1S/C4H4ClIN2/c1-3-4(5)2-8(6)7-3/h2H,1H3. The molecule has 44 valence electrons. The van der Waals surface area contributed by atoms with E-state index in [0.29, 0.717) is 0 Å². The molecule has 0 unspecified atom stereocenters. The van der Waals surface area contributed by atoms with E-state index in [1.165, 1.54) is 0 Å². The van der Waals surface area contributed by atoms with Gasteiger partial charge in [0.2, 0.25) is 0 Å². The van der Waals surface area contributed by atoms with Crippen molar-refractivity contribution in [2.75, 3.05) is 0 Å². The summed E-state index contributed by atoms with van der Waals surface area (Å²) in [6, 6.07) is 0. The number of rotatable bonds is 0. The molecule has 0 aliphatic rings. The molecule has 0 aliphatic carbocycles. The molecular formula is C4H4ClIN2. The molecule has 0 aliphatic heterocycles. The normalized spacial score (nSPS) is 9.88. The Morgan fingerprint density at radius 1 is 1.88 bits per heavy atom. The second-order valence-corrected chi connectivity index (χ2v) is 2.85. The minimum atomic E-state index is 0.722. The molecule has 1 aromatic heterocycles. The van der Waals surface area contributed by atoms with Gasteiger partial charge in [0.25, 0.3) is 0 Å². The Morgan fingerprint density at radius 3 is 2.62 bits per heavy atom. The van der Waals surface area contributed by atoms with E-state index >= 15 is 0 Å². The predicted octanol–water partition coefficient (Wildman–Crippen LogP) is 2.04. The molecule has 1 rings (SSSR count). The van der Waals surface area contributed by atoms with Crippen molar-refractivity contribution >= 4 is 34.5 Å². The summed E-state index contributed by atoms with van der Waals surface area (Å²) >= 11 is 7.69. The number of hydrogen-bond acceptors (Lipinski definition) is 1. The Bertz CT molecular complexity index is 176. The van der Waals surface area contributed by atoms with Crippen LogP contribution in [-0.4, -0.2) is 7.99 Å². The van der Waals surface area contributed by atoms with Gasteiger partial charge < -0.3 is 0 Å². The van der Waals surface area contributed by atoms with Crippen LogP contribution in [0.15, 0.2) is 6.20 Å². The zero-order valence-corrected chi connectivity index (χ0v) is 7.14. The molecule has 0 N–H and O–H groups in total. The quantitative estimate of drug-likeness (QED) is 0.637. The van der Waals surface area contributed by atoms with Crippen molar-refractivity contribution in [1.29, 1.82) is 0 Å². The van der Waals surface area contributed by atoms with Crippen molar-refractivity contribution in [2.45, 2.75) is 6.92 Å². The fraction of sp³-hybridized carbons (Fsp3) is 0.250. The van der Waals surface area contributed by atoms with Gasteiger partial charge in [-0.2, -0.15) is 5.10 Å². The number of aryl methyl sites for hydroxylation is 1. The van der Waals surface area contributed by atoms with E-state index in [4.69, 9.17) is 11.6 Å². The highest BCUT2D eigenvalue weighted by Crippen LogP contribution is 2.12. The molecule has 0 saturated carbocycles. The molecule has 1 heterocycles. The second-order valence-electron chi connectivity index (χ2n) is 1.45. The first-order valence-electron chi connectivity index (χ1n) is 2.08. The second kappa shape index (κ2) is 2.23. The molecule has 0 amide bonds. The van der Waals surface area contributed by atoms with Crippen molar-refractivity contribution in [3.8, 4) is 0 Å². The molecule has 0 radical (unpaired) electrons. The Labute approximate surface area is 66.3 Å². The highest BCUT2D eigenvalue weighted by atomic mass is 127. The van der Waals surface area contributed by atoms with Crippen molar-refractivity contribution in [1.82, 2.24) is 7.99 Å². The van der Waals surface area contributed by atoms with E-state index in [0.717, 1.165) is 10.7 Å². The van der Waals surface area contributed by atoms with Gasteiger partial charge in [0, 0.05) is 0 Å². The van der Waals surface area contributed by atoms with Crippen molar-refractivity contribution < 1.29 is 0 Å². The first-order valence-corrected chi connectivity index (χ1v) is 3.42. The maximum absolute atomic E-state index is 5.64. The number of nitrogens with zero attached hydrogens (tertiary/aromatic N) is 2. The lowest BCUT2D eigenvalue weighted by Gasteiger charge is -1.76. The van der Waals surface area contributed by atoms with Crippen LogP contribution >= 0.6 is 34.5 Å². The molecule has 0 aromatic carbocycles. The van der Waals surface area contributed by atoms with Gasteiger partial charge in [-0.3, -0.25) is 0 Å². The molecule has 0 fully saturated rings. The maximum Gasteiger partial charge on any atom is 0.0843 e. The third-order valence-electron chi connectivity index (χ3n) is 0.811. The minimum Gasteiger partial charge on any atom is -0.210 e. The Balaban J connectivity index is 3.14. The molecular weight excluding hydrogens is 238 g/mol.